The van der Waals surface area contributed by atoms with Gasteiger partial charge >= 0.3 is 0 Å². The van der Waals surface area contributed by atoms with Gasteiger partial charge in [-0.2, -0.15) is 4.31 Å². The number of nitrogens with one attached hydrogen (secondary N) is 2. The lowest BCUT2D eigenvalue weighted by Crippen LogP contribution is -2.40. The molecule has 1 fully saturated rings. The van der Waals surface area contributed by atoms with Crippen LogP contribution in [-0.4, -0.2) is 54.9 Å². The van der Waals surface area contributed by atoms with Gasteiger partial charge in [0.25, 0.3) is 0 Å². The molecule has 0 atom stereocenters. The van der Waals surface area contributed by atoms with Crippen molar-refractivity contribution < 1.29 is 17.9 Å². The zero-order chi connectivity index (χ0) is 22.6. The summed E-state index contributed by atoms with van der Waals surface area (Å²) >= 11 is 0. The second-order valence-electron chi connectivity index (χ2n) is 7.22. The highest BCUT2D eigenvalue weighted by molar-refractivity contribution is 7.89. The Kier molecular flexibility index (Phi) is 6.45. The molecular formula is C22H23N5O4S. The number of anilines is 3. The third kappa shape index (κ3) is 5.10. The maximum Gasteiger partial charge on any atom is 0.243 e. The predicted molar refractivity (Wildman–Crippen MR) is 121 cm³/mol. The van der Waals surface area contributed by atoms with Crippen LogP contribution in [0.3, 0.4) is 0 Å². The predicted octanol–water partition coefficient (Wildman–Crippen LogP) is 2.87. The molecule has 9 nitrogen and oxygen atoms in total. The number of morpholine rings is 1. The van der Waals surface area contributed by atoms with Crippen molar-refractivity contribution in [2.75, 3.05) is 36.9 Å². The van der Waals surface area contributed by atoms with Crippen molar-refractivity contribution >= 4 is 33.1 Å². The van der Waals surface area contributed by atoms with Crippen molar-refractivity contribution in [1.29, 1.82) is 0 Å². The number of nitrogens with zero attached hydrogens (tertiary/aromatic N) is 3. The lowest BCUT2D eigenvalue weighted by atomic mass is 10.1. The molecule has 2 aromatic carbocycles. The van der Waals surface area contributed by atoms with Gasteiger partial charge in [-0.05, 0) is 36.4 Å². The molecule has 3 aromatic rings. The van der Waals surface area contributed by atoms with Crippen LogP contribution >= 0.6 is 0 Å². The first kappa shape index (κ1) is 21.9. The lowest BCUT2D eigenvalue weighted by molar-refractivity contribution is -0.114. The van der Waals surface area contributed by atoms with Crippen molar-refractivity contribution in [3.05, 3.63) is 60.9 Å². The van der Waals surface area contributed by atoms with Crippen molar-refractivity contribution in [1.82, 2.24) is 14.3 Å². The fourth-order valence-corrected chi connectivity index (χ4v) is 4.73. The first-order valence-electron chi connectivity index (χ1n) is 10.1. The molecule has 1 amide bonds. The summed E-state index contributed by atoms with van der Waals surface area (Å²) in [6.45, 7) is 2.97. The Bertz CT molecular complexity index is 1210. The highest BCUT2D eigenvalue weighted by Crippen LogP contribution is 2.24. The number of carbonyl (C=O) groups excluding carboxylic acids is 1. The zero-order valence-electron chi connectivity index (χ0n) is 17.5. The summed E-state index contributed by atoms with van der Waals surface area (Å²) in [5.41, 5.74) is 2.80. The minimum Gasteiger partial charge on any atom is -0.379 e. The number of amides is 1. The van der Waals surface area contributed by atoms with Gasteiger partial charge in [0.05, 0.1) is 36.2 Å². The number of carbonyl (C=O) groups is 1. The van der Waals surface area contributed by atoms with Crippen LogP contribution in [0.25, 0.3) is 11.3 Å². The molecule has 0 spiro atoms. The van der Waals surface area contributed by atoms with Gasteiger partial charge in [-0.15, -0.1) is 0 Å². The number of hydrogen-bond donors (Lipinski definition) is 2. The normalized spacial score (nSPS) is 14.7. The van der Waals surface area contributed by atoms with Gasteiger partial charge in [-0.1, -0.05) is 12.1 Å². The Morgan fingerprint density at radius 1 is 1.03 bits per heavy atom. The molecule has 2 N–H and O–H groups in total. The van der Waals surface area contributed by atoms with Crippen LogP contribution < -0.4 is 10.6 Å². The quantitative estimate of drug-likeness (QED) is 0.590. The molecule has 0 radical (unpaired) electrons. The molecule has 0 aliphatic carbocycles. The number of benzene rings is 2. The molecule has 166 valence electrons. The first-order valence-corrected chi connectivity index (χ1v) is 11.5. The highest BCUT2D eigenvalue weighted by atomic mass is 32.2. The monoisotopic (exact) mass is 453 g/mol. The largest absolute Gasteiger partial charge is 0.379 e. The lowest BCUT2D eigenvalue weighted by Gasteiger charge is -2.26. The van der Waals surface area contributed by atoms with E-state index < -0.39 is 10.0 Å². The molecule has 32 heavy (non-hydrogen) atoms. The average Bonchev–Trinajstić information content (AvgIpc) is 2.80. The molecule has 1 aliphatic heterocycles. The molecule has 4 rings (SSSR count). The van der Waals surface area contributed by atoms with Gasteiger partial charge < -0.3 is 15.4 Å². The van der Waals surface area contributed by atoms with E-state index in [-0.39, 0.29) is 10.8 Å². The van der Waals surface area contributed by atoms with E-state index in [1.165, 1.54) is 11.2 Å². The van der Waals surface area contributed by atoms with E-state index in [1.54, 1.807) is 42.7 Å². The molecule has 1 aliphatic rings. The number of ether oxygens (including phenoxy) is 1. The summed E-state index contributed by atoms with van der Waals surface area (Å²) in [7, 11) is -3.54. The summed E-state index contributed by atoms with van der Waals surface area (Å²) < 4.78 is 32.2. The van der Waals surface area contributed by atoms with Crippen LogP contribution in [0.15, 0.2) is 65.8 Å². The van der Waals surface area contributed by atoms with Gasteiger partial charge in [0.1, 0.15) is 5.82 Å². The molecule has 0 bridgehead atoms. The number of hydrogen-bond acceptors (Lipinski definition) is 7. The summed E-state index contributed by atoms with van der Waals surface area (Å²) in [4.78, 5) is 20.4. The number of aromatic nitrogens is 2. The molecule has 0 saturated carbocycles. The van der Waals surface area contributed by atoms with E-state index in [9.17, 15) is 13.2 Å². The van der Waals surface area contributed by atoms with Crippen LogP contribution in [0.1, 0.15) is 6.92 Å². The van der Waals surface area contributed by atoms with Gasteiger partial charge in [-0.25, -0.2) is 13.4 Å². The third-order valence-electron chi connectivity index (χ3n) is 4.85. The Labute approximate surface area is 186 Å². The fourth-order valence-electron chi connectivity index (χ4n) is 3.32. The van der Waals surface area contributed by atoms with E-state index in [2.05, 4.69) is 20.6 Å². The van der Waals surface area contributed by atoms with Crippen molar-refractivity contribution in [3.63, 3.8) is 0 Å². The van der Waals surface area contributed by atoms with Gasteiger partial charge in [-0.3, -0.25) is 9.78 Å². The summed E-state index contributed by atoms with van der Waals surface area (Å²) in [6.07, 6.45) is 3.22. The second-order valence-corrected chi connectivity index (χ2v) is 9.16. The summed E-state index contributed by atoms with van der Waals surface area (Å²) in [6, 6.07) is 13.9. The van der Waals surface area contributed by atoms with Crippen LogP contribution in [0.4, 0.5) is 17.2 Å². The molecule has 1 saturated heterocycles. The molecule has 10 heteroatoms. The SMILES string of the molecule is CC(=O)Nc1cccc(-c2cncc(Nc3ccc(S(=O)(=O)N4CCOCC4)cc3)n2)c1. The van der Waals surface area contributed by atoms with Gasteiger partial charge in [0.2, 0.25) is 15.9 Å². The topological polar surface area (TPSA) is 114 Å². The zero-order valence-corrected chi connectivity index (χ0v) is 18.3. The van der Waals surface area contributed by atoms with E-state index in [0.29, 0.717) is 49.2 Å². The molecule has 2 heterocycles. The Balaban J connectivity index is 1.50. The van der Waals surface area contributed by atoms with Crippen molar-refractivity contribution in [2.24, 2.45) is 0 Å². The highest BCUT2D eigenvalue weighted by Gasteiger charge is 2.26. The smallest absolute Gasteiger partial charge is 0.243 e. The number of rotatable bonds is 6. The Morgan fingerprint density at radius 3 is 2.50 bits per heavy atom. The number of sulfonamides is 1. The second kappa shape index (κ2) is 9.43. The van der Waals surface area contributed by atoms with E-state index in [0.717, 1.165) is 5.56 Å². The van der Waals surface area contributed by atoms with Crippen LogP contribution in [0.5, 0.6) is 0 Å². The van der Waals surface area contributed by atoms with Crippen LogP contribution in [-0.2, 0) is 19.6 Å². The standard InChI is InChI=1S/C22H23N5O4S/c1-16(28)24-19-4-2-3-17(13-19)21-14-23-15-22(26-21)25-18-5-7-20(8-6-18)32(29,30)27-9-11-31-12-10-27/h2-8,13-15H,9-12H2,1H3,(H,24,28)(H,25,26). The summed E-state index contributed by atoms with van der Waals surface area (Å²) in [5, 5.41) is 5.90. The fraction of sp³-hybridized carbons (Fsp3) is 0.227. The molecule has 1 aromatic heterocycles. The average molecular weight is 454 g/mol. The third-order valence-corrected chi connectivity index (χ3v) is 6.76. The van der Waals surface area contributed by atoms with Gasteiger partial charge in [0, 0.05) is 37.0 Å². The Morgan fingerprint density at radius 2 is 1.78 bits per heavy atom. The van der Waals surface area contributed by atoms with E-state index >= 15 is 0 Å². The van der Waals surface area contributed by atoms with Gasteiger partial charge in [0.15, 0.2) is 0 Å². The van der Waals surface area contributed by atoms with Crippen LogP contribution in [0, 0.1) is 0 Å². The maximum absolute atomic E-state index is 12.8. The maximum atomic E-state index is 12.8. The minimum atomic E-state index is -3.54. The van der Waals surface area contributed by atoms with Crippen LogP contribution in [0.2, 0.25) is 0 Å². The molecule has 0 unspecified atom stereocenters. The minimum absolute atomic E-state index is 0.150. The molecular weight excluding hydrogens is 430 g/mol. The van der Waals surface area contributed by atoms with Crippen molar-refractivity contribution in [2.45, 2.75) is 11.8 Å². The van der Waals surface area contributed by atoms with E-state index in [1.807, 2.05) is 18.2 Å². The Hall–Kier alpha value is -3.34. The van der Waals surface area contributed by atoms with E-state index in [4.69, 9.17) is 4.74 Å². The van der Waals surface area contributed by atoms with Crippen molar-refractivity contribution in [3.8, 4) is 11.3 Å². The summed E-state index contributed by atoms with van der Waals surface area (Å²) in [5.74, 6) is 0.360. The first-order chi connectivity index (χ1) is 15.4.